The molecule has 0 fully saturated rings. The molecule has 2 aliphatic rings. The lowest BCUT2D eigenvalue weighted by molar-refractivity contribution is 0.667. The molecule has 0 bridgehead atoms. The Morgan fingerprint density at radius 2 is 1.38 bits per heavy atom. The molecule has 7 aromatic carbocycles. The van der Waals surface area contributed by atoms with Crippen LogP contribution in [-0.2, 0) is 0 Å². The first kappa shape index (κ1) is 25.8. The van der Waals surface area contributed by atoms with Gasteiger partial charge in [0.2, 0.25) is 0 Å². The molecule has 2 aromatic heterocycles. The second-order valence-corrected chi connectivity index (χ2v) is 16.8. The van der Waals surface area contributed by atoms with Crippen molar-refractivity contribution in [2.45, 2.75) is 9.79 Å². The number of fused-ring (bicyclic) bond motifs is 12. The van der Waals surface area contributed by atoms with Gasteiger partial charge in [-0.2, -0.15) is 10.0 Å². The maximum absolute atomic E-state index is 6.83. The van der Waals surface area contributed by atoms with E-state index >= 15 is 0 Å². The van der Waals surface area contributed by atoms with Crippen LogP contribution in [0, 0.1) is 0 Å². The van der Waals surface area contributed by atoms with Crippen molar-refractivity contribution in [3.05, 3.63) is 127 Å². The van der Waals surface area contributed by atoms with Gasteiger partial charge in [-0.1, -0.05) is 90.4 Å². The van der Waals surface area contributed by atoms with E-state index in [2.05, 4.69) is 157 Å². The van der Waals surface area contributed by atoms with Gasteiger partial charge in [-0.25, -0.2) is 0 Å². The lowest BCUT2D eigenvalue weighted by atomic mass is 9.59. The molecule has 0 saturated heterocycles. The maximum atomic E-state index is 6.83. The predicted octanol–water partition coefficient (Wildman–Crippen LogP) is 10.0. The van der Waals surface area contributed by atoms with Gasteiger partial charge >= 0.3 is 0 Å². The number of nitrogens with one attached hydrogen (secondary N) is 1. The summed E-state index contributed by atoms with van der Waals surface area (Å²) in [6.07, 6.45) is 4.85. The van der Waals surface area contributed by atoms with Crippen molar-refractivity contribution in [2.75, 3.05) is 17.8 Å². The highest BCUT2D eigenvalue weighted by Crippen LogP contribution is 2.65. The Kier molecular flexibility index (Phi) is 4.88. The van der Waals surface area contributed by atoms with Crippen LogP contribution in [0.5, 0.6) is 0 Å². The number of aromatic nitrogens is 1. The number of anilines is 2. The standard InChI is InChI=1S/C42H28BN2OS/c1-47(2)36-19-8-6-17-33(36)44-39-27(14-10-20-37(39)47)30-23-31-26-13-5-7-18-35(26)46-42(31)41-38(30)43-32-16-9-15-28-29-21-24-11-3-4-12-25(24)22-34(29)45(41)40(28)32/h3-23,44H,1-2H3. The second kappa shape index (κ2) is 8.90. The topological polar surface area (TPSA) is 30.1 Å². The number of hydrogen-bond acceptors (Lipinski definition) is 2. The molecule has 1 N–H and O–H groups in total. The molecule has 9 aromatic rings. The van der Waals surface area contributed by atoms with Gasteiger partial charge in [-0.3, -0.25) is 0 Å². The molecule has 2 aliphatic heterocycles. The number of rotatable bonds is 1. The number of para-hydroxylation sites is 4. The zero-order chi connectivity index (χ0) is 31.0. The molecule has 221 valence electrons. The summed E-state index contributed by atoms with van der Waals surface area (Å²) >= 11 is 0. The minimum absolute atomic E-state index is 0.909. The summed E-state index contributed by atoms with van der Waals surface area (Å²) < 4.78 is 9.32. The molecule has 1 radical (unpaired) electrons. The maximum Gasteiger partial charge on any atom is 0.198 e. The van der Waals surface area contributed by atoms with Crippen molar-refractivity contribution in [1.82, 2.24) is 4.57 Å². The highest BCUT2D eigenvalue weighted by Gasteiger charge is 2.33. The Balaban J connectivity index is 1.31. The Bertz CT molecular complexity index is 2840. The number of benzene rings is 7. The Morgan fingerprint density at radius 1 is 0.638 bits per heavy atom. The van der Waals surface area contributed by atoms with Crippen molar-refractivity contribution in [3.63, 3.8) is 0 Å². The summed E-state index contributed by atoms with van der Waals surface area (Å²) in [5.74, 6) is 0. The highest BCUT2D eigenvalue weighted by molar-refractivity contribution is 8.33. The fourth-order valence-corrected chi connectivity index (χ4v) is 10.7. The predicted molar refractivity (Wildman–Crippen MR) is 202 cm³/mol. The normalized spacial score (nSPS) is 14.9. The van der Waals surface area contributed by atoms with Crippen molar-refractivity contribution < 1.29 is 4.42 Å². The largest absolute Gasteiger partial charge is 0.454 e. The van der Waals surface area contributed by atoms with Crippen LogP contribution in [-0.4, -0.2) is 24.4 Å². The summed E-state index contributed by atoms with van der Waals surface area (Å²) in [4.78, 5) is 2.79. The van der Waals surface area contributed by atoms with Crippen LogP contribution in [0.2, 0.25) is 0 Å². The Morgan fingerprint density at radius 3 is 2.30 bits per heavy atom. The summed E-state index contributed by atoms with van der Waals surface area (Å²) in [6, 6.07) is 46.6. The summed E-state index contributed by atoms with van der Waals surface area (Å²) in [7, 11) is 1.16. The van der Waals surface area contributed by atoms with Gasteiger partial charge in [-0.15, -0.1) is 0 Å². The smallest absolute Gasteiger partial charge is 0.198 e. The first-order valence-electron chi connectivity index (χ1n) is 16.1. The van der Waals surface area contributed by atoms with E-state index in [4.69, 9.17) is 4.42 Å². The van der Waals surface area contributed by atoms with E-state index in [0.717, 1.165) is 27.6 Å². The summed E-state index contributed by atoms with van der Waals surface area (Å²) in [6.45, 7) is 0. The van der Waals surface area contributed by atoms with Gasteiger partial charge in [0.05, 0.1) is 22.6 Å². The minimum atomic E-state index is -1.24. The molecule has 47 heavy (non-hydrogen) atoms. The van der Waals surface area contributed by atoms with Crippen LogP contribution < -0.4 is 16.2 Å². The SMILES string of the molecule is CS1(C)c2ccccc2Nc2c(-c3cc4c(oc5ccccc54)c4c3[B]c3cccc5c6cc7ccccc7cc6n-4c35)cccc21. The molecular formula is C42H28BN2OS. The average Bonchev–Trinajstić information content (AvgIpc) is 3.63. The third-order valence-corrected chi connectivity index (χ3v) is 13.4. The molecule has 4 heterocycles. The van der Waals surface area contributed by atoms with Gasteiger partial charge in [-0.05, 0) is 76.8 Å². The third-order valence-electron chi connectivity index (χ3n) is 10.5. The van der Waals surface area contributed by atoms with Crippen LogP contribution in [0.25, 0.3) is 71.3 Å². The number of furan rings is 1. The van der Waals surface area contributed by atoms with Crippen LogP contribution in [0.1, 0.15) is 0 Å². The van der Waals surface area contributed by atoms with Gasteiger partial charge in [0, 0.05) is 42.4 Å². The van der Waals surface area contributed by atoms with Gasteiger partial charge in [0.25, 0.3) is 0 Å². The Labute approximate surface area is 274 Å². The van der Waals surface area contributed by atoms with E-state index < -0.39 is 10.0 Å². The average molecular weight is 620 g/mol. The van der Waals surface area contributed by atoms with Gasteiger partial charge in [0.15, 0.2) is 12.9 Å². The third kappa shape index (κ3) is 3.29. The molecule has 0 amide bonds. The zero-order valence-electron chi connectivity index (χ0n) is 26.0. The molecule has 0 aliphatic carbocycles. The van der Waals surface area contributed by atoms with Crippen LogP contribution in [0.3, 0.4) is 0 Å². The Hall–Kier alpha value is -5.39. The molecule has 0 spiro atoms. The summed E-state index contributed by atoms with van der Waals surface area (Å²) in [5, 5.41) is 11.2. The van der Waals surface area contributed by atoms with Gasteiger partial charge in [0.1, 0.15) is 5.58 Å². The minimum Gasteiger partial charge on any atom is -0.454 e. The first-order chi connectivity index (χ1) is 23.1. The van der Waals surface area contributed by atoms with Gasteiger partial charge < -0.3 is 14.3 Å². The fourth-order valence-electron chi connectivity index (χ4n) is 8.31. The summed E-state index contributed by atoms with van der Waals surface area (Å²) in [5.41, 5.74) is 12.6. The molecule has 0 unspecified atom stereocenters. The molecule has 0 atom stereocenters. The monoisotopic (exact) mass is 619 g/mol. The quantitative estimate of drug-likeness (QED) is 0.185. The molecular weight excluding hydrogens is 591 g/mol. The molecule has 3 nitrogen and oxygen atoms in total. The van der Waals surface area contributed by atoms with E-state index in [0.29, 0.717) is 0 Å². The van der Waals surface area contributed by atoms with Crippen LogP contribution in [0.4, 0.5) is 11.4 Å². The van der Waals surface area contributed by atoms with E-state index in [1.165, 1.54) is 75.8 Å². The van der Waals surface area contributed by atoms with Crippen LogP contribution >= 0.6 is 10.0 Å². The lowest BCUT2D eigenvalue weighted by Crippen LogP contribution is -2.37. The number of hydrogen-bond donors (Lipinski definition) is 1. The molecule has 0 saturated carbocycles. The van der Waals surface area contributed by atoms with Crippen molar-refractivity contribution >= 4 is 94.1 Å². The molecule has 5 heteroatoms. The molecule has 11 rings (SSSR count). The van der Waals surface area contributed by atoms with Crippen molar-refractivity contribution in [3.8, 4) is 16.8 Å². The first-order valence-corrected chi connectivity index (χ1v) is 18.5. The van der Waals surface area contributed by atoms with Crippen LogP contribution in [0.15, 0.2) is 142 Å². The number of nitrogens with zero attached hydrogens (tertiary/aromatic N) is 1. The fraction of sp³-hybridized carbons (Fsp3) is 0.0476. The van der Waals surface area contributed by atoms with Crippen molar-refractivity contribution in [1.29, 1.82) is 0 Å². The second-order valence-electron chi connectivity index (χ2n) is 13.2. The van der Waals surface area contributed by atoms with E-state index in [1.807, 2.05) is 0 Å². The zero-order valence-corrected chi connectivity index (χ0v) is 26.8. The van der Waals surface area contributed by atoms with Crippen molar-refractivity contribution in [2.24, 2.45) is 0 Å². The van der Waals surface area contributed by atoms with E-state index in [1.54, 1.807) is 0 Å². The van der Waals surface area contributed by atoms with E-state index in [-0.39, 0.29) is 0 Å². The highest BCUT2D eigenvalue weighted by atomic mass is 32.3. The van der Waals surface area contributed by atoms with E-state index in [9.17, 15) is 0 Å². The lowest BCUT2D eigenvalue weighted by Gasteiger charge is -2.41.